The van der Waals surface area contributed by atoms with Crippen molar-refractivity contribution in [1.29, 1.82) is 0 Å². The van der Waals surface area contributed by atoms with E-state index in [-0.39, 0.29) is 35.6 Å². The van der Waals surface area contributed by atoms with Crippen molar-refractivity contribution >= 4 is 35.2 Å². The number of nitrogens with one attached hydrogen (secondary N) is 3. The van der Waals surface area contributed by atoms with Crippen LogP contribution in [-0.2, 0) is 9.59 Å². The molecule has 0 radical (unpaired) electrons. The lowest BCUT2D eigenvalue weighted by molar-refractivity contribution is -0.120. The number of carbonyl (C=O) groups excluding carboxylic acids is 3. The van der Waals surface area contributed by atoms with Gasteiger partial charge in [-0.3, -0.25) is 14.4 Å². The van der Waals surface area contributed by atoms with Crippen LogP contribution in [0.15, 0.2) is 23.1 Å². The highest BCUT2D eigenvalue weighted by atomic mass is 32.2. The summed E-state index contributed by atoms with van der Waals surface area (Å²) in [6, 6.07) is 5.15. The van der Waals surface area contributed by atoms with E-state index in [0.717, 1.165) is 4.90 Å². The zero-order valence-electron chi connectivity index (χ0n) is 12.7. The summed E-state index contributed by atoms with van der Waals surface area (Å²) in [5.41, 5.74) is 1.04. The van der Waals surface area contributed by atoms with Gasteiger partial charge in [0.05, 0.1) is 17.5 Å². The van der Waals surface area contributed by atoms with Crippen LogP contribution in [0.5, 0.6) is 0 Å². The van der Waals surface area contributed by atoms with E-state index in [1.54, 1.807) is 18.2 Å². The Labute approximate surface area is 133 Å². The van der Waals surface area contributed by atoms with Crippen LogP contribution in [0.2, 0.25) is 0 Å². The first-order chi connectivity index (χ1) is 10.4. The summed E-state index contributed by atoms with van der Waals surface area (Å²) < 4.78 is 0. The summed E-state index contributed by atoms with van der Waals surface area (Å²) in [5, 5.41) is 7.89. The molecule has 2 rings (SSSR count). The molecule has 0 saturated heterocycles. The number of rotatable bonds is 4. The molecule has 3 amide bonds. The van der Waals surface area contributed by atoms with Gasteiger partial charge in [0.2, 0.25) is 11.8 Å². The van der Waals surface area contributed by atoms with Crippen LogP contribution in [0.3, 0.4) is 0 Å². The molecule has 3 N–H and O–H groups in total. The van der Waals surface area contributed by atoms with E-state index in [0.29, 0.717) is 11.3 Å². The summed E-state index contributed by atoms with van der Waals surface area (Å²) in [4.78, 5) is 36.2. The zero-order chi connectivity index (χ0) is 16.3. The molecule has 1 aliphatic heterocycles. The number of anilines is 1. The van der Waals surface area contributed by atoms with Crippen molar-refractivity contribution in [2.24, 2.45) is 0 Å². The first-order valence-electron chi connectivity index (χ1n) is 7.06. The minimum absolute atomic E-state index is 0.0300. The number of benzene rings is 1. The number of thioether (sulfide) groups is 1. The van der Waals surface area contributed by atoms with E-state index in [9.17, 15) is 14.4 Å². The van der Waals surface area contributed by atoms with Gasteiger partial charge < -0.3 is 16.0 Å². The molecule has 0 aromatic heterocycles. The summed E-state index contributed by atoms with van der Waals surface area (Å²) in [7, 11) is 0. The van der Waals surface area contributed by atoms with Crippen molar-refractivity contribution in [3.8, 4) is 0 Å². The molecule has 1 atom stereocenters. The molecule has 1 aliphatic rings. The van der Waals surface area contributed by atoms with Crippen LogP contribution in [0.25, 0.3) is 0 Å². The third-order valence-corrected chi connectivity index (χ3v) is 4.21. The van der Waals surface area contributed by atoms with Gasteiger partial charge in [0, 0.05) is 16.5 Å². The van der Waals surface area contributed by atoms with Gasteiger partial charge in [0.1, 0.15) is 0 Å². The zero-order valence-corrected chi connectivity index (χ0v) is 13.5. The average molecular weight is 321 g/mol. The molecule has 1 aromatic rings. The number of hydrogen-bond acceptors (Lipinski definition) is 4. The van der Waals surface area contributed by atoms with Gasteiger partial charge in [-0.05, 0) is 39.0 Å². The largest absolute Gasteiger partial charge is 0.352 e. The Kier molecular flexibility index (Phi) is 5.07. The van der Waals surface area contributed by atoms with E-state index < -0.39 is 0 Å². The van der Waals surface area contributed by atoms with Crippen LogP contribution in [0.1, 0.15) is 31.1 Å². The standard InChI is InChI=1S/C15H19N3O3S/c1-8(2)17-13(19)7-16-15(21)10-4-5-12-11(6-10)18-14(20)9(3)22-12/h4-6,8-9H,7H2,1-3H3,(H,16,21)(H,17,19)(H,18,20)/t9-/m1/s1. The maximum atomic E-state index is 12.1. The van der Waals surface area contributed by atoms with E-state index in [1.165, 1.54) is 11.8 Å². The van der Waals surface area contributed by atoms with Gasteiger partial charge in [-0.1, -0.05) is 0 Å². The number of hydrogen-bond donors (Lipinski definition) is 3. The molecule has 0 unspecified atom stereocenters. The third-order valence-electron chi connectivity index (χ3n) is 3.03. The molecule has 0 aliphatic carbocycles. The minimum atomic E-state index is -0.348. The van der Waals surface area contributed by atoms with Crippen molar-refractivity contribution < 1.29 is 14.4 Å². The fourth-order valence-electron chi connectivity index (χ4n) is 1.99. The molecular weight excluding hydrogens is 302 g/mol. The first-order valence-corrected chi connectivity index (χ1v) is 7.94. The number of carbonyl (C=O) groups is 3. The van der Waals surface area contributed by atoms with Crippen molar-refractivity contribution in [1.82, 2.24) is 10.6 Å². The molecule has 1 aromatic carbocycles. The fourth-order valence-corrected chi connectivity index (χ4v) is 2.92. The molecule has 1 heterocycles. The smallest absolute Gasteiger partial charge is 0.251 e. The molecule has 0 bridgehead atoms. The molecule has 0 fully saturated rings. The van der Waals surface area contributed by atoms with E-state index in [1.807, 2.05) is 20.8 Å². The van der Waals surface area contributed by atoms with Crippen LogP contribution >= 0.6 is 11.8 Å². The van der Waals surface area contributed by atoms with Crippen molar-refractivity contribution in [2.45, 2.75) is 37.0 Å². The maximum Gasteiger partial charge on any atom is 0.251 e. The van der Waals surface area contributed by atoms with E-state index in [4.69, 9.17) is 0 Å². The lowest BCUT2D eigenvalue weighted by Gasteiger charge is -2.21. The second-order valence-corrected chi connectivity index (χ2v) is 6.75. The van der Waals surface area contributed by atoms with Crippen LogP contribution < -0.4 is 16.0 Å². The summed E-state index contributed by atoms with van der Waals surface area (Å²) >= 11 is 1.46. The highest BCUT2D eigenvalue weighted by Gasteiger charge is 2.23. The predicted octanol–water partition coefficient (Wildman–Crippen LogP) is 1.37. The summed E-state index contributed by atoms with van der Waals surface area (Å²) in [6.45, 7) is 5.46. The average Bonchev–Trinajstić information content (AvgIpc) is 2.45. The Morgan fingerprint density at radius 2 is 2.09 bits per heavy atom. The Morgan fingerprint density at radius 3 is 2.77 bits per heavy atom. The number of amides is 3. The molecule has 22 heavy (non-hydrogen) atoms. The predicted molar refractivity (Wildman–Crippen MR) is 86.0 cm³/mol. The molecule has 118 valence electrons. The fraction of sp³-hybridized carbons (Fsp3) is 0.400. The minimum Gasteiger partial charge on any atom is -0.352 e. The SMILES string of the molecule is CC(C)NC(=O)CNC(=O)c1ccc2c(c1)NC(=O)[C@@H](C)S2. The van der Waals surface area contributed by atoms with Crippen LogP contribution in [-0.4, -0.2) is 35.6 Å². The van der Waals surface area contributed by atoms with Crippen molar-refractivity contribution in [2.75, 3.05) is 11.9 Å². The molecule has 0 spiro atoms. The van der Waals surface area contributed by atoms with Gasteiger partial charge in [0.25, 0.3) is 5.91 Å². The normalized spacial score (nSPS) is 16.7. The second kappa shape index (κ2) is 6.83. The Balaban J connectivity index is 2.01. The van der Waals surface area contributed by atoms with E-state index >= 15 is 0 Å². The van der Waals surface area contributed by atoms with Gasteiger partial charge >= 0.3 is 0 Å². The monoisotopic (exact) mass is 321 g/mol. The van der Waals surface area contributed by atoms with Gasteiger partial charge in [-0.15, -0.1) is 11.8 Å². The Bertz CT molecular complexity index is 616. The lowest BCUT2D eigenvalue weighted by atomic mass is 10.1. The van der Waals surface area contributed by atoms with Crippen molar-refractivity contribution in [3.63, 3.8) is 0 Å². The van der Waals surface area contributed by atoms with Crippen LogP contribution in [0.4, 0.5) is 5.69 Å². The van der Waals surface area contributed by atoms with Gasteiger partial charge in [-0.2, -0.15) is 0 Å². The van der Waals surface area contributed by atoms with Gasteiger partial charge in [-0.25, -0.2) is 0 Å². The second-order valence-electron chi connectivity index (χ2n) is 5.37. The Morgan fingerprint density at radius 1 is 1.36 bits per heavy atom. The summed E-state index contributed by atoms with van der Waals surface area (Å²) in [5.74, 6) is -0.662. The highest BCUT2D eigenvalue weighted by molar-refractivity contribution is 8.00. The molecular formula is C15H19N3O3S. The quantitative estimate of drug-likeness (QED) is 0.782. The lowest BCUT2D eigenvalue weighted by Crippen LogP contribution is -2.39. The maximum absolute atomic E-state index is 12.1. The number of fused-ring (bicyclic) bond motifs is 1. The Hall–Kier alpha value is -2.02. The van der Waals surface area contributed by atoms with Crippen molar-refractivity contribution in [3.05, 3.63) is 23.8 Å². The third kappa shape index (κ3) is 4.00. The van der Waals surface area contributed by atoms with Crippen LogP contribution in [0, 0.1) is 0 Å². The highest BCUT2D eigenvalue weighted by Crippen LogP contribution is 2.35. The first kappa shape index (κ1) is 16.4. The van der Waals surface area contributed by atoms with E-state index in [2.05, 4.69) is 16.0 Å². The van der Waals surface area contributed by atoms with Gasteiger partial charge in [0.15, 0.2) is 0 Å². The molecule has 6 nitrogen and oxygen atoms in total. The summed E-state index contributed by atoms with van der Waals surface area (Å²) in [6.07, 6.45) is 0. The molecule has 7 heteroatoms. The topological polar surface area (TPSA) is 87.3 Å². The molecule has 0 saturated carbocycles.